The molecule has 0 spiro atoms. The lowest BCUT2D eigenvalue weighted by Crippen LogP contribution is -2.42. The Morgan fingerprint density at radius 3 is 2.74 bits per heavy atom. The number of oxazole rings is 1. The first-order chi connectivity index (χ1) is 10.9. The number of aryl methyl sites for hydroxylation is 2. The molecule has 1 aliphatic heterocycles. The second-order valence-electron chi connectivity index (χ2n) is 5.44. The minimum Gasteiger partial charge on any atom is -0.444 e. The number of hydrogen-bond acceptors (Lipinski definition) is 5. The minimum atomic E-state index is -3.05. The van der Waals surface area contributed by atoms with Crippen molar-refractivity contribution in [3.05, 3.63) is 17.3 Å². The number of aliphatic imine (C=N–C) groups is 1. The molecule has 9 heteroatoms. The van der Waals surface area contributed by atoms with E-state index in [2.05, 4.69) is 20.6 Å². The Morgan fingerprint density at radius 1 is 1.39 bits per heavy atom. The summed E-state index contributed by atoms with van der Waals surface area (Å²) in [5.74, 6) is 2.24. The maximum atomic E-state index is 11.7. The van der Waals surface area contributed by atoms with Crippen LogP contribution in [-0.2, 0) is 16.6 Å². The molecule has 0 saturated carbocycles. The molecule has 0 atom stereocenters. The highest BCUT2D eigenvalue weighted by Gasteiger charge is 2.27. The number of hydrogen-bond donors (Lipinski definition) is 2. The molecule has 0 aromatic carbocycles. The summed E-state index contributed by atoms with van der Waals surface area (Å²) in [5.41, 5.74) is 0.868. The highest BCUT2D eigenvalue weighted by atomic mass is 32.2. The zero-order chi connectivity index (χ0) is 16.9. The van der Waals surface area contributed by atoms with E-state index in [-0.39, 0.29) is 5.75 Å². The van der Waals surface area contributed by atoms with Crippen LogP contribution in [0.5, 0.6) is 0 Å². The van der Waals surface area contributed by atoms with E-state index < -0.39 is 10.0 Å². The van der Waals surface area contributed by atoms with Crippen LogP contribution in [0.3, 0.4) is 0 Å². The zero-order valence-corrected chi connectivity index (χ0v) is 14.7. The monoisotopic (exact) mass is 343 g/mol. The van der Waals surface area contributed by atoms with Crippen molar-refractivity contribution in [1.82, 2.24) is 19.9 Å². The van der Waals surface area contributed by atoms with Crippen LogP contribution in [0.25, 0.3) is 0 Å². The van der Waals surface area contributed by atoms with E-state index in [0.29, 0.717) is 44.5 Å². The topological polar surface area (TPSA) is 99.8 Å². The number of sulfonamides is 1. The van der Waals surface area contributed by atoms with E-state index in [9.17, 15) is 8.42 Å². The third kappa shape index (κ3) is 4.93. The van der Waals surface area contributed by atoms with Gasteiger partial charge in [-0.1, -0.05) is 0 Å². The smallest absolute Gasteiger partial charge is 0.216 e. The van der Waals surface area contributed by atoms with Gasteiger partial charge in [0.25, 0.3) is 0 Å². The van der Waals surface area contributed by atoms with Gasteiger partial charge in [0, 0.05) is 26.2 Å². The van der Waals surface area contributed by atoms with Crippen molar-refractivity contribution in [1.29, 1.82) is 0 Å². The molecule has 1 saturated heterocycles. The lowest BCUT2D eigenvalue weighted by atomic mass is 10.4. The summed E-state index contributed by atoms with van der Waals surface area (Å²) >= 11 is 0. The summed E-state index contributed by atoms with van der Waals surface area (Å²) in [4.78, 5) is 8.70. The molecule has 0 amide bonds. The summed E-state index contributed by atoms with van der Waals surface area (Å²) < 4.78 is 30.5. The lowest BCUT2D eigenvalue weighted by molar-refractivity contribution is 0.444. The molecule has 0 aliphatic carbocycles. The second kappa shape index (κ2) is 7.78. The van der Waals surface area contributed by atoms with Gasteiger partial charge in [-0.05, 0) is 27.2 Å². The lowest BCUT2D eigenvalue weighted by Gasteiger charge is -2.16. The van der Waals surface area contributed by atoms with Gasteiger partial charge in [0.15, 0.2) is 5.96 Å². The number of rotatable bonds is 6. The van der Waals surface area contributed by atoms with Gasteiger partial charge in [-0.2, -0.15) is 0 Å². The fraction of sp³-hybridized carbons (Fsp3) is 0.714. The van der Waals surface area contributed by atoms with Gasteiger partial charge in [-0.25, -0.2) is 22.7 Å². The average Bonchev–Trinajstić information content (AvgIpc) is 2.99. The van der Waals surface area contributed by atoms with E-state index in [1.165, 1.54) is 4.31 Å². The van der Waals surface area contributed by atoms with Crippen LogP contribution < -0.4 is 10.6 Å². The third-order valence-corrected chi connectivity index (χ3v) is 5.60. The van der Waals surface area contributed by atoms with Crippen molar-refractivity contribution in [2.45, 2.75) is 33.7 Å². The molecule has 1 aliphatic rings. The van der Waals surface area contributed by atoms with Crippen LogP contribution in [0.15, 0.2) is 9.41 Å². The van der Waals surface area contributed by atoms with Gasteiger partial charge >= 0.3 is 0 Å². The summed E-state index contributed by atoms with van der Waals surface area (Å²) in [6.45, 7) is 8.36. The molecule has 1 fully saturated rings. The first-order valence-electron chi connectivity index (χ1n) is 7.85. The molecule has 1 aromatic rings. The molecule has 8 nitrogen and oxygen atoms in total. The van der Waals surface area contributed by atoms with Gasteiger partial charge in [0.2, 0.25) is 15.9 Å². The van der Waals surface area contributed by atoms with E-state index in [1.807, 2.05) is 20.8 Å². The minimum absolute atomic E-state index is 0.254. The molecule has 2 N–H and O–H groups in total. The van der Waals surface area contributed by atoms with E-state index >= 15 is 0 Å². The van der Waals surface area contributed by atoms with E-state index in [4.69, 9.17) is 4.42 Å². The largest absolute Gasteiger partial charge is 0.444 e. The molecular formula is C14H25N5O3S. The molecular weight excluding hydrogens is 318 g/mol. The first-order valence-corrected chi connectivity index (χ1v) is 9.46. The SMILES string of the molecule is CCNC(=NCc1nc(C)c(C)o1)NCCN1CCCS1(=O)=O. The number of nitrogens with one attached hydrogen (secondary N) is 2. The van der Waals surface area contributed by atoms with E-state index in [1.54, 1.807) is 0 Å². The summed E-state index contributed by atoms with van der Waals surface area (Å²) in [5, 5.41) is 6.26. The molecule has 1 aromatic heterocycles. The molecule has 2 rings (SSSR count). The van der Waals surface area contributed by atoms with Gasteiger partial charge in [0.1, 0.15) is 12.3 Å². The molecule has 0 unspecified atom stereocenters. The third-order valence-electron chi connectivity index (χ3n) is 3.65. The van der Waals surface area contributed by atoms with Gasteiger partial charge in [-0.3, -0.25) is 0 Å². The van der Waals surface area contributed by atoms with Crippen molar-refractivity contribution in [3.8, 4) is 0 Å². The van der Waals surface area contributed by atoms with Crippen molar-refractivity contribution < 1.29 is 12.8 Å². The second-order valence-corrected chi connectivity index (χ2v) is 7.53. The maximum Gasteiger partial charge on any atom is 0.216 e. The first kappa shape index (κ1) is 17.7. The number of aromatic nitrogens is 1. The van der Waals surface area contributed by atoms with Crippen LogP contribution in [0.2, 0.25) is 0 Å². The average molecular weight is 343 g/mol. The predicted octanol–water partition coefficient (Wildman–Crippen LogP) is 0.382. The van der Waals surface area contributed by atoms with Crippen LogP contribution in [0.4, 0.5) is 0 Å². The zero-order valence-electron chi connectivity index (χ0n) is 13.9. The Kier molecular flexibility index (Phi) is 6.00. The molecule has 130 valence electrons. The van der Waals surface area contributed by atoms with Crippen molar-refractivity contribution in [3.63, 3.8) is 0 Å². The Labute approximate surface area is 137 Å². The Balaban J connectivity index is 1.86. The Hall–Kier alpha value is -1.61. The van der Waals surface area contributed by atoms with Gasteiger partial charge in [0.05, 0.1) is 11.4 Å². The van der Waals surface area contributed by atoms with Crippen molar-refractivity contribution in [2.75, 3.05) is 31.9 Å². The van der Waals surface area contributed by atoms with Crippen LogP contribution in [0, 0.1) is 13.8 Å². The Morgan fingerprint density at radius 2 is 2.17 bits per heavy atom. The summed E-state index contributed by atoms with van der Waals surface area (Å²) in [6, 6.07) is 0. The van der Waals surface area contributed by atoms with Crippen LogP contribution >= 0.6 is 0 Å². The van der Waals surface area contributed by atoms with Crippen molar-refractivity contribution >= 4 is 16.0 Å². The van der Waals surface area contributed by atoms with Gasteiger partial charge < -0.3 is 15.1 Å². The normalized spacial score (nSPS) is 18.3. The van der Waals surface area contributed by atoms with Crippen LogP contribution in [-0.4, -0.2) is 55.6 Å². The quantitative estimate of drug-likeness (QED) is 0.572. The number of guanidine groups is 1. The Bertz CT molecular complexity index is 634. The summed E-state index contributed by atoms with van der Waals surface area (Å²) in [6.07, 6.45) is 0.708. The predicted molar refractivity (Wildman–Crippen MR) is 88.8 cm³/mol. The van der Waals surface area contributed by atoms with Crippen LogP contribution in [0.1, 0.15) is 30.7 Å². The fourth-order valence-corrected chi connectivity index (χ4v) is 3.87. The summed E-state index contributed by atoms with van der Waals surface area (Å²) in [7, 11) is -3.05. The number of nitrogens with zero attached hydrogens (tertiary/aromatic N) is 3. The fourth-order valence-electron chi connectivity index (χ4n) is 2.34. The standard InChI is InChI=1S/C14H25N5O3S/c1-4-15-14(17-10-13-18-11(2)12(3)22-13)16-6-8-19-7-5-9-23(19,20)21/h4-10H2,1-3H3,(H2,15,16,17). The molecule has 2 heterocycles. The van der Waals surface area contributed by atoms with Crippen molar-refractivity contribution in [2.24, 2.45) is 4.99 Å². The molecule has 0 bridgehead atoms. The van der Waals surface area contributed by atoms with Gasteiger partial charge in [-0.15, -0.1) is 0 Å². The maximum absolute atomic E-state index is 11.7. The molecule has 0 radical (unpaired) electrons. The highest BCUT2D eigenvalue weighted by Crippen LogP contribution is 2.12. The van der Waals surface area contributed by atoms with E-state index in [0.717, 1.165) is 18.0 Å². The molecule has 23 heavy (non-hydrogen) atoms. The highest BCUT2D eigenvalue weighted by molar-refractivity contribution is 7.89.